The smallest absolute Gasteiger partial charge is 0.407 e. The monoisotopic (exact) mass is 459 g/mol. The number of carbonyl (C=O) groups is 1. The lowest BCUT2D eigenvalue weighted by Gasteiger charge is -2.27. The summed E-state index contributed by atoms with van der Waals surface area (Å²) in [4.78, 5) is 13.9. The van der Waals surface area contributed by atoms with Gasteiger partial charge < -0.3 is 10.0 Å². The number of sulfone groups is 1. The zero-order chi connectivity index (χ0) is 19.7. The average Bonchev–Trinajstić information content (AvgIpc) is 2.83. The highest BCUT2D eigenvalue weighted by molar-refractivity contribution is 9.10. The van der Waals surface area contributed by atoms with Gasteiger partial charge in [0.15, 0.2) is 0 Å². The van der Waals surface area contributed by atoms with Crippen LogP contribution in [0.4, 0.5) is 4.79 Å². The lowest BCUT2D eigenvalue weighted by Crippen LogP contribution is -2.36. The average molecular weight is 460 g/mol. The molecule has 1 heterocycles. The third-order valence-corrected chi connectivity index (χ3v) is 8.79. The Hall–Kier alpha value is -1.38. The minimum absolute atomic E-state index is 0.159. The van der Waals surface area contributed by atoms with Crippen molar-refractivity contribution in [3.8, 4) is 0 Å². The summed E-state index contributed by atoms with van der Waals surface area (Å²) < 4.78 is 26.5. The fourth-order valence-electron chi connectivity index (χ4n) is 2.48. The Morgan fingerprint density at radius 3 is 2.31 bits per heavy atom. The normalized spacial score (nSPS) is 12.2. The second-order valence-electron chi connectivity index (χ2n) is 7.27. The summed E-state index contributed by atoms with van der Waals surface area (Å²) in [5, 5.41) is 9.50. The summed E-state index contributed by atoms with van der Waals surface area (Å²) in [5.74, 6) is 0. The number of rotatable bonds is 5. The molecule has 5 nitrogen and oxygen atoms in total. The van der Waals surface area contributed by atoms with Crippen LogP contribution in [0.15, 0.2) is 43.9 Å². The SMILES string of the molecule is Cc1c(CN(CC(C)(C)C)C(=O)O)sc(S(=O)(=O)c2ccccc2)c1Br. The number of hydrogen-bond acceptors (Lipinski definition) is 4. The number of amides is 1. The molecule has 0 radical (unpaired) electrons. The summed E-state index contributed by atoms with van der Waals surface area (Å²) in [6, 6.07) is 8.23. The third kappa shape index (κ3) is 4.66. The van der Waals surface area contributed by atoms with E-state index in [9.17, 15) is 18.3 Å². The highest BCUT2D eigenvalue weighted by Crippen LogP contribution is 2.39. The Labute approximate surface area is 166 Å². The van der Waals surface area contributed by atoms with Crippen LogP contribution in [0.25, 0.3) is 0 Å². The number of halogens is 1. The molecule has 2 rings (SSSR count). The Morgan fingerprint density at radius 1 is 1.23 bits per heavy atom. The van der Waals surface area contributed by atoms with Crippen molar-refractivity contribution in [3.63, 3.8) is 0 Å². The minimum Gasteiger partial charge on any atom is -0.465 e. The fraction of sp³-hybridized carbons (Fsp3) is 0.389. The van der Waals surface area contributed by atoms with Gasteiger partial charge in [-0.15, -0.1) is 11.3 Å². The van der Waals surface area contributed by atoms with Gasteiger partial charge in [-0.25, -0.2) is 13.2 Å². The third-order valence-electron chi connectivity index (χ3n) is 3.71. The van der Waals surface area contributed by atoms with Crippen molar-refractivity contribution in [2.75, 3.05) is 6.54 Å². The van der Waals surface area contributed by atoms with Crippen LogP contribution in [-0.2, 0) is 16.4 Å². The molecule has 0 spiro atoms. The minimum atomic E-state index is -3.66. The van der Waals surface area contributed by atoms with Gasteiger partial charge in [0, 0.05) is 11.4 Å². The van der Waals surface area contributed by atoms with Gasteiger partial charge >= 0.3 is 6.09 Å². The largest absolute Gasteiger partial charge is 0.465 e. The van der Waals surface area contributed by atoms with E-state index in [0.717, 1.165) is 21.8 Å². The van der Waals surface area contributed by atoms with Gasteiger partial charge in [0.25, 0.3) is 0 Å². The van der Waals surface area contributed by atoms with Crippen LogP contribution in [0.5, 0.6) is 0 Å². The summed E-state index contributed by atoms with van der Waals surface area (Å²) in [6.45, 7) is 8.21. The van der Waals surface area contributed by atoms with Crippen molar-refractivity contribution >= 4 is 43.2 Å². The fourth-order valence-corrected chi connectivity index (χ4v) is 6.82. The van der Waals surface area contributed by atoms with Gasteiger partial charge in [0.05, 0.1) is 15.9 Å². The second-order valence-corrected chi connectivity index (χ2v) is 11.3. The molecular formula is C18H22BrNO4S2. The first-order chi connectivity index (χ1) is 11.9. The first-order valence-corrected chi connectivity index (χ1v) is 11.1. The van der Waals surface area contributed by atoms with Crippen molar-refractivity contribution in [1.29, 1.82) is 0 Å². The van der Waals surface area contributed by atoms with Gasteiger partial charge in [0.1, 0.15) is 4.21 Å². The second kappa shape index (κ2) is 7.70. The maximum Gasteiger partial charge on any atom is 0.407 e. The van der Waals surface area contributed by atoms with E-state index in [0.29, 0.717) is 11.0 Å². The molecule has 1 aromatic carbocycles. The van der Waals surface area contributed by atoms with Crippen LogP contribution in [0, 0.1) is 12.3 Å². The molecule has 26 heavy (non-hydrogen) atoms. The van der Waals surface area contributed by atoms with Crippen molar-refractivity contribution in [2.45, 2.75) is 43.3 Å². The standard InChI is InChI=1S/C18H22BrNO4S2/c1-12-14(10-20(17(21)22)11-18(2,3)4)25-16(15(12)19)26(23,24)13-8-6-5-7-9-13/h5-9H,10-11H2,1-4H3,(H,21,22). The highest BCUT2D eigenvalue weighted by Gasteiger charge is 2.28. The molecule has 0 unspecified atom stereocenters. The molecule has 0 saturated heterocycles. The van der Waals surface area contributed by atoms with E-state index in [-0.39, 0.29) is 21.1 Å². The summed E-state index contributed by atoms with van der Waals surface area (Å²) in [7, 11) is -3.66. The van der Waals surface area contributed by atoms with Gasteiger partial charge in [-0.1, -0.05) is 39.0 Å². The first kappa shape index (κ1) is 20.9. The summed E-state index contributed by atoms with van der Waals surface area (Å²) in [6.07, 6.45) is -1.02. The summed E-state index contributed by atoms with van der Waals surface area (Å²) >= 11 is 4.51. The predicted molar refractivity (Wildman–Crippen MR) is 107 cm³/mol. The highest BCUT2D eigenvalue weighted by atomic mass is 79.9. The Morgan fingerprint density at radius 2 is 1.81 bits per heavy atom. The molecule has 0 atom stereocenters. The molecule has 1 N–H and O–H groups in total. The quantitative estimate of drug-likeness (QED) is 0.668. The molecular weight excluding hydrogens is 438 g/mol. The lowest BCUT2D eigenvalue weighted by molar-refractivity contribution is 0.123. The number of nitrogens with zero attached hydrogens (tertiary/aromatic N) is 1. The van der Waals surface area contributed by atoms with Crippen LogP contribution in [0.2, 0.25) is 0 Å². The number of hydrogen-bond donors (Lipinski definition) is 1. The van der Waals surface area contributed by atoms with Crippen molar-refractivity contribution in [2.24, 2.45) is 5.41 Å². The van der Waals surface area contributed by atoms with Crippen molar-refractivity contribution in [3.05, 3.63) is 45.2 Å². The molecule has 0 saturated carbocycles. The summed E-state index contributed by atoms with van der Waals surface area (Å²) in [5.41, 5.74) is 0.560. The molecule has 0 aliphatic rings. The zero-order valence-electron chi connectivity index (χ0n) is 15.1. The predicted octanol–water partition coefficient (Wildman–Crippen LogP) is 5.18. The van der Waals surface area contributed by atoms with Crippen molar-refractivity contribution < 1.29 is 18.3 Å². The van der Waals surface area contributed by atoms with E-state index in [1.807, 2.05) is 20.8 Å². The Balaban J connectivity index is 2.42. The van der Waals surface area contributed by atoms with E-state index in [4.69, 9.17) is 0 Å². The van der Waals surface area contributed by atoms with Crippen molar-refractivity contribution in [1.82, 2.24) is 4.90 Å². The molecule has 1 amide bonds. The molecule has 1 aromatic heterocycles. The lowest BCUT2D eigenvalue weighted by atomic mass is 9.96. The van der Waals surface area contributed by atoms with E-state index < -0.39 is 15.9 Å². The zero-order valence-corrected chi connectivity index (χ0v) is 18.3. The van der Waals surface area contributed by atoms with Crippen LogP contribution < -0.4 is 0 Å². The molecule has 142 valence electrons. The van der Waals surface area contributed by atoms with Crippen LogP contribution in [0.1, 0.15) is 31.2 Å². The molecule has 0 fully saturated rings. The van der Waals surface area contributed by atoms with Gasteiger partial charge in [-0.3, -0.25) is 0 Å². The first-order valence-electron chi connectivity index (χ1n) is 7.99. The Kier molecular flexibility index (Phi) is 6.20. The van der Waals surface area contributed by atoms with Gasteiger partial charge in [0.2, 0.25) is 9.84 Å². The maximum absolute atomic E-state index is 12.9. The van der Waals surface area contributed by atoms with Crippen LogP contribution >= 0.6 is 27.3 Å². The Bertz CT molecular complexity index is 899. The van der Waals surface area contributed by atoms with E-state index in [1.54, 1.807) is 37.3 Å². The van der Waals surface area contributed by atoms with Gasteiger partial charge in [-0.05, 0) is 46.0 Å². The maximum atomic E-state index is 12.9. The van der Waals surface area contributed by atoms with E-state index in [2.05, 4.69) is 15.9 Å². The number of benzene rings is 1. The molecule has 0 bridgehead atoms. The van der Waals surface area contributed by atoms with Crippen LogP contribution in [-0.4, -0.2) is 31.1 Å². The number of carboxylic acid groups (broad SMARTS) is 1. The number of thiophene rings is 1. The van der Waals surface area contributed by atoms with E-state index in [1.165, 1.54) is 4.90 Å². The molecule has 0 aliphatic carbocycles. The van der Waals surface area contributed by atoms with E-state index >= 15 is 0 Å². The van der Waals surface area contributed by atoms with Gasteiger partial charge in [-0.2, -0.15) is 0 Å². The topological polar surface area (TPSA) is 74.7 Å². The van der Waals surface area contributed by atoms with Crippen LogP contribution in [0.3, 0.4) is 0 Å². The molecule has 0 aliphatic heterocycles. The molecule has 2 aromatic rings. The molecule has 8 heteroatoms.